The first-order valence-electron chi connectivity index (χ1n) is 7.57. The fourth-order valence-electron chi connectivity index (χ4n) is 4.12. The number of rotatable bonds is 2. The molecule has 1 nitrogen and oxygen atoms in total. The summed E-state index contributed by atoms with van der Waals surface area (Å²) in [6.45, 7) is 0. The Kier molecular flexibility index (Phi) is 4.11. The van der Waals surface area contributed by atoms with Crippen LogP contribution in [0.4, 0.5) is 4.39 Å². The number of hydrogen-bond donors (Lipinski definition) is 0. The Morgan fingerprint density at radius 2 is 1.85 bits per heavy atom. The molecule has 0 amide bonds. The minimum absolute atomic E-state index is 0.203. The molecule has 1 unspecified atom stereocenters. The molecule has 1 aromatic rings. The minimum atomic E-state index is -0.309. The van der Waals surface area contributed by atoms with Crippen molar-refractivity contribution in [1.29, 1.82) is 0 Å². The first-order valence-corrected chi connectivity index (χ1v) is 7.95. The molecule has 1 aromatic carbocycles. The second-order valence-electron chi connectivity index (χ2n) is 6.41. The van der Waals surface area contributed by atoms with Crippen LogP contribution < -0.4 is 0 Å². The third-order valence-electron chi connectivity index (χ3n) is 5.26. The Morgan fingerprint density at radius 3 is 2.60 bits per heavy atom. The third-order valence-corrected chi connectivity index (χ3v) is 5.57. The van der Waals surface area contributed by atoms with Gasteiger partial charge < -0.3 is 4.79 Å². The van der Waals surface area contributed by atoms with Crippen molar-refractivity contribution in [1.82, 2.24) is 0 Å². The number of aldehydes is 1. The standard InChI is InChI=1S/C17H20ClFO/c18-16-6-5-15(9-17(16)19)14-4-3-12-7-11(10-20)1-2-13(12)8-14/h5-6,9-14H,1-4,7-8H2/t11-,12-,13-,14?/m1/s1. The van der Waals surface area contributed by atoms with Gasteiger partial charge in [0.25, 0.3) is 0 Å². The molecule has 2 saturated carbocycles. The summed E-state index contributed by atoms with van der Waals surface area (Å²) < 4.78 is 13.6. The van der Waals surface area contributed by atoms with Crippen LogP contribution in [0.2, 0.25) is 5.02 Å². The summed E-state index contributed by atoms with van der Waals surface area (Å²) in [5.74, 6) is 1.84. The van der Waals surface area contributed by atoms with Crippen molar-refractivity contribution in [3.05, 3.63) is 34.6 Å². The maximum atomic E-state index is 13.6. The van der Waals surface area contributed by atoms with Crippen molar-refractivity contribution >= 4 is 17.9 Å². The molecular weight excluding hydrogens is 275 g/mol. The Bertz CT molecular complexity index is 502. The van der Waals surface area contributed by atoms with E-state index in [2.05, 4.69) is 0 Å². The second-order valence-corrected chi connectivity index (χ2v) is 6.82. The maximum Gasteiger partial charge on any atom is 0.142 e. The number of carbonyl (C=O) groups is 1. The van der Waals surface area contributed by atoms with Crippen LogP contribution in [0.25, 0.3) is 0 Å². The van der Waals surface area contributed by atoms with Crippen molar-refractivity contribution in [3.8, 4) is 0 Å². The molecule has 0 heterocycles. The van der Waals surface area contributed by atoms with Gasteiger partial charge in [-0.15, -0.1) is 0 Å². The van der Waals surface area contributed by atoms with Crippen LogP contribution in [0.1, 0.15) is 50.0 Å². The highest BCUT2D eigenvalue weighted by molar-refractivity contribution is 6.30. The van der Waals surface area contributed by atoms with Crippen LogP contribution >= 0.6 is 11.6 Å². The van der Waals surface area contributed by atoms with Crippen molar-refractivity contribution in [2.45, 2.75) is 44.4 Å². The zero-order valence-electron chi connectivity index (χ0n) is 11.5. The summed E-state index contributed by atoms with van der Waals surface area (Å²) in [7, 11) is 0. The molecule has 2 aliphatic rings. The molecule has 0 bridgehead atoms. The zero-order valence-corrected chi connectivity index (χ0v) is 12.3. The van der Waals surface area contributed by atoms with E-state index < -0.39 is 0 Å². The zero-order chi connectivity index (χ0) is 14.1. The van der Waals surface area contributed by atoms with Crippen molar-refractivity contribution < 1.29 is 9.18 Å². The largest absolute Gasteiger partial charge is 0.303 e. The Balaban J connectivity index is 1.70. The van der Waals surface area contributed by atoms with Crippen LogP contribution in [0.5, 0.6) is 0 Å². The summed E-state index contributed by atoms with van der Waals surface area (Å²) in [6, 6.07) is 5.24. The highest BCUT2D eigenvalue weighted by Crippen LogP contribution is 2.47. The highest BCUT2D eigenvalue weighted by Gasteiger charge is 2.35. The van der Waals surface area contributed by atoms with Crippen molar-refractivity contribution in [3.63, 3.8) is 0 Å². The van der Waals surface area contributed by atoms with Gasteiger partial charge in [-0.1, -0.05) is 17.7 Å². The lowest BCUT2D eigenvalue weighted by Crippen LogP contribution is -2.30. The molecule has 0 spiro atoms. The predicted octanol–water partition coefficient (Wildman–Crippen LogP) is 4.98. The van der Waals surface area contributed by atoms with Crippen molar-refractivity contribution in [2.75, 3.05) is 0 Å². The molecule has 108 valence electrons. The van der Waals surface area contributed by atoms with Crippen LogP contribution in [0, 0.1) is 23.6 Å². The van der Waals surface area contributed by atoms with Gasteiger partial charge >= 0.3 is 0 Å². The molecule has 0 saturated heterocycles. The van der Waals surface area contributed by atoms with Gasteiger partial charge in [0.1, 0.15) is 12.1 Å². The molecule has 0 N–H and O–H groups in total. The highest BCUT2D eigenvalue weighted by atomic mass is 35.5. The molecule has 2 fully saturated rings. The molecule has 4 atom stereocenters. The van der Waals surface area contributed by atoms with E-state index in [1.165, 1.54) is 6.42 Å². The van der Waals surface area contributed by atoms with E-state index in [1.54, 1.807) is 12.1 Å². The van der Waals surface area contributed by atoms with E-state index in [1.807, 2.05) is 6.07 Å². The molecule has 0 radical (unpaired) electrons. The molecule has 0 aliphatic heterocycles. The van der Waals surface area contributed by atoms with E-state index in [9.17, 15) is 9.18 Å². The monoisotopic (exact) mass is 294 g/mol. The summed E-state index contributed by atoms with van der Waals surface area (Å²) in [5, 5.41) is 0.203. The molecular formula is C17H20ClFO. The smallest absolute Gasteiger partial charge is 0.142 e. The third kappa shape index (κ3) is 2.76. The second kappa shape index (κ2) is 5.85. The number of halogens is 2. The van der Waals surface area contributed by atoms with Crippen molar-refractivity contribution in [2.24, 2.45) is 17.8 Å². The first-order chi connectivity index (χ1) is 9.67. The predicted molar refractivity (Wildman–Crippen MR) is 78.4 cm³/mol. The van der Waals surface area contributed by atoms with Gasteiger partial charge in [-0.25, -0.2) is 4.39 Å². The average Bonchev–Trinajstić information content (AvgIpc) is 2.49. The van der Waals surface area contributed by atoms with Gasteiger partial charge in [-0.3, -0.25) is 0 Å². The van der Waals surface area contributed by atoms with E-state index in [0.717, 1.165) is 44.0 Å². The van der Waals surface area contributed by atoms with Crippen LogP contribution in [-0.4, -0.2) is 6.29 Å². The van der Waals surface area contributed by atoms with Gasteiger partial charge in [0.05, 0.1) is 5.02 Å². The van der Waals surface area contributed by atoms with Gasteiger partial charge in [-0.05, 0) is 74.0 Å². The van der Waals surface area contributed by atoms with Gasteiger partial charge in [0.2, 0.25) is 0 Å². The summed E-state index contributed by atoms with van der Waals surface area (Å²) in [5.41, 5.74) is 1.09. The molecule has 2 aliphatic carbocycles. The van der Waals surface area contributed by atoms with Crippen LogP contribution in [0.15, 0.2) is 18.2 Å². The molecule has 0 aromatic heterocycles. The van der Waals surface area contributed by atoms with E-state index >= 15 is 0 Å². The summed E-state index contributed by atoms with van der Waals surface area (Å²) in [6.07, 6.45) is 7.80. The summed E-state index contributed by atoms with van der Waals surface area (Å²) >= 11 is 5.75. The van der Waals surface area contributed by atoms with Gasteiger partial charge in [0, 0.05) is 5.92 Å². The average molecular weight is 295 g/mol. The Morgan fingerprint density at radius 1 is 1.10 bits per heavy atom. The van der Waals surface area contributed by atoms with E-state index in [0.29, 0.717) is 17.8 Å². The van der Waals surface area contributed by atoms with Crippen LogP contribution in [0.3, 0.4) is 0 Å². The number of benzene rings is 1. The number of fused-ring (bicyclic) bond motifs is 1. The lowest BCUT2D eigenvalue weighted by Gasteiger charge is -2.41. The lowest BCUT2D eigenvalue weighted by atomic mass is 9.64. The first kappa shape index (κ1) is 14.1. The molecule has 20 heavy (non-hydrogen) atoms. The van der Waals surface area contributed by atoms with E-state index in [-0.39, 0.29) is 16.8 Å². The SMILES string of the molecule is O=C[C@@H]1CC[C@@H]2CC(c3ccc(Cl)c(F)c3)CC[C@@H]2C1. The summed E-state index contributed by atoms with van der Waals surface area (Å²) in [4.78, 5) is 10.9. The Hall–Kier alpha value is -0.890. The fraction of sp³-hybridized carbons (Fsp3) is 0.588. The molecule has 3 heteroatoms. The fourth-order valence-corrected chi connectivity index (χ4v) is 4.24. The van der Waals surface area contributed by atoms with Gasteiger partial charge in [0.15, 0.2) is 0 Å². The number of carbonyl (C=O) groups excluding carboxylic acids is 1. The normalized spacial score (nSPS) is 33.5. The van der Waals surface area contributed by atoms with Crippen LogP contribution in [-0.2, 0) is 4.79 Å². The topological polar surface area (TPSA) is 17.1 Å². The Labute approximate surface area is 124 Å². The molecule has 3 rings (SSSR count). The lowest BCUT2D eigenvalue weighted by molar-refractivity contribution is -0.113. The minimum Gasteiger partial charge on any atom is -0.303 e. The maximum absolute atomic E-state index is 13.6. The van der Waals surface area contributed by atoms with Gasteiger partial charge in [-0.2, -0.15) is 0 Å². The van der Waals surface area contributed by atoms with E-state index in [4.69, 9.17) is 11.6 Å². The quantitative estimate of drug-likeness (QED) is 0.703. The number of hydrogen-bond acceptors (Lipinski definition) is 1.